The monoisotopic (exact) mass is 452 g/mol. The third-order valence-electron chi connectivity index (χ3n) is 3.94. The molecule has 152 valence electrons. The fraction of sp³-hybridized carbons (Fsp3) is 0.167. The molecular weight excluding hydrogens is 436 g/mol. The van der Waals surface area contributed by atoms with E-state index >= 15 is 0 Å². The van der Waals surface area contributed by atoms with Crippen LogP contribution in [0.15, 0.2) is 42.3 Å². The summed E-state index contributed by atoms with van der Waals surface area (Å²) in [6, 6.07) is 6.27. The van der Waals surface area contributed by atoms with E-state index in [-0.39, 0.29) is 21.4 Å². The number of halogens is 1. The van der Waals surface area contributed by atoms with Crippen LogP contribution in [0.3, 0.4) is 0 Å². The molecule has 0 aliphatic heterocycles. The van der Waals surface area contributed by atoms with Crippen molar-refractivity contribution in [3.05, 3.63) is 52.2 Å². The second kappa shape index (κ2) is 7.97. The number of imidazole rings is 1. The van der Waals surface area contributed by atoms with Crippen LogP contribution in [-0.4, -0.2) is 34.4 Å². The maximum Gasteiger partial charge on any atom is 0.268 e. The fourth-order valence-electron chi connectivity index (χ4n) is 2.48. The first kappa shape index (κ1) is 21.0. The number of thiophene rings is 1. The van der Waals surface area contributed by atoms with Crippen LogP contribution < -0.4 is 10.6 Å². The Morgan fingerprint density at radius 1 is 1.31 bits per heavy atom. The molecule has 3 rings (SSSR count). The van der Waals surface area contributed by atoms with Crippen LogP contribution in [0.2, 0.25) is 5.02 Å². The minimum atomic E-state index is -3.86. The van der Waals surface area contributed by atoms with E-state index in [1.807, 2.05) is 0 Å². The van der Waals surface area contributed by atoms with Gasteiger partial charge >= 0.3 is 0 Å². The number of carbonyl (C=O) groups is 2. The van der Waals surface area contributed by atoms with Gasteiger partial charge in [-0.3, -0.25) is 14.9 Å². The zero-order valence-corrected chi connectivity index (χ0v) is 17.9. The van der Waals surface area contributed by atoms with Gasteiger partial charge in [-0.2, -0.15) is 0 Å². The van der Waals surface area contributed by atoms with Gasteiger partial charge in [0.15, 0.2) is 0 Å². The normalized spacial score (nSPS) is 11.6. The van der Waals surface area contributed by atoms with Crippen molar-refractivity contribution in [2.75, 3.05) is 10.6 Å². The van der Waals surface area contributed by atoms with Crippen LogP contribution in [0.5, 0.6) is 0 Å². The number of anilines is 2. The Morgan fingerprint density at radius 3 is 2.69 bits per heavy atom. The molecule has 2 amide bonds. The predicted octanol–water partition coefficient (Wildman–Crippen LogP) is 3.71. The van der Waals surface area contributed by atoms with Crippen LogP contribution >= 0.6 is 22.9 Å². The highest BCUT2D eigenvalue weighted by atomic mass is 35.5. The van der Waals surface area contributed by atoms with E-state index in [1.165, 1.54) is 19.9 Å². The molecule has 0 unspecified atom stereocenters. The van der Waals surface area contributed by atoms with E-state index in [0.717, 1.165) is 21.4 Å². The molecule has 0 saturated heterocycles. The van der Waals surface area contributed by atoms with Crippen LogP contribution in [0.4, 0.5) is 11.6 Å². The lowest BCUT2D eigenvalue weighted by molar-refractivity contribution is -0.111. The van der Waals surface area contributed by atoms with E-state index in [4.69, 9.17) is 11.6 Å². The van der Waals surface area contributed by atoms with Gasteiger partial charge in [0.05, 0.1) is 26.4 Å². The second-order valence-corrected chi connectivity index (χ2v) is 9.90. The van der Waals surface area contributed by atoms with Gasteiger partial charge in [-0.05, 0) is 38.1 Å². The summed E-state index contributed by atoms with van der Waals surface area (Å²) < 4.78 is 26.8. The molecule has 2 heterocycles. The topological polar surface area (TPSA) is 110 Å². The maximum absolute atomic E-state index is 12.9. The Bertz CT molecular complexity index is 1230. The third-order valence-corrected chi connectivity index (χ3v) is 7.23. The molecule has 0 saturated carbocycles. The van der Waals surface area contributed by atoms with Crippen molar-refractivity contribution in [2.24, 2.45) is 0 Å². The molecule has 0 aliphatic rings. The molecule has 0 radical (unpaired) electrons. The number of rotatable bonds is 6. The summed E-state index contributed by atoms with van der Waals surface area (Å²) in [7, 11) is -3.86. The molecular formula is C18H17ClN4O4S2. The SMILES string of the molecule is C=CC(=O)Nc1csc(C(=O)Nc2nc3cccc(Cl)c3n2S(=O)(=O)C(C)C)c1. The maximum atomic E-state index is 12.9. The lowest BCUT2D eigenvalue weighted by atomic mass is 10.3. The first-order chi connectivity index (χ1) is 13.6. The highest BCUT2D eigenvalue weighted by molar-refractivity contribution is 7.90. The lowest BCUT2D eigenvalue weighted by Crippen LogP contribution is -2.25. The minimum absolute atomic E-state index is 0.156. The largest absolute Gasteiger partial charge is 0.322 e. The number of benzene rings is 1. The van der Waals surface area contributed by atoms with E-state index in [1.54, 1.807) is 23.6 Å². The van der Waals surface area contributed by atoms with Gasteiger partial charge in [0, 0.05) is 5.38 Å². The van der Waals surface area contributed by atoms with Gasteiger partial charge in [0.1, 0.15) is 5.52 Å². The minimum Gasteiger partial charge on any atom is -0.322 e. The standard InChI is InChI=1S/C18H17ClN4O4S2/c1-4-15(24)20-11-8-14(28-9-11)17(25)22-18-21-13-7-5-6-12(19)16(13)23(18)29(26,27)10(2)3/h4-10H,1H2,2-3H3,(H,20,24)(H,21,22,25). The predicted molar refractivity (Wildman–Crippen MR) is 115 cm³/mol. The number of aromatic nitrogens is 2. The highest BCUT2D eigenvalue weighted by Crippen LogP contribution is 2.30. The van der Waals surface area contributed by atoms with E-state index in [2.05, 4.69) is 22.2 Å². The Morgan fingerprint density at radius 2 is 2.03 bits per heavy atom. The smallest absolute Gasteiger partial charge is 0.268 e. The van der Waals surface area contributed by atoms with Crippen LogP contribution in [0, 0.1) is 0 Å². The van der Waals surface area contributed by atoms with E-state index in [0.29, 0.717) is 11.2 Å². The van der Waals surface area contributed by atoms with Crippen molar-refractivity contribution in [1.29, 1.82) is 0 Å². The number of hydrogen-bond acceptors (Lipinski definition) is 6. The Balaban J connectivity index is 2.02. The van der Waals surface area contributed by atoms with Gasteiger partial charge in [0.2, 0.25) is 21.9 Å². The summed E-state index contributed by atoms with van der Waals surface area (Å²) in [5.41, 5.74) is 0.960. The molecule has 29 heavy (non-hydrogen) atoms. The average molecular weight is 453 g/mol. The van der Waals surface area contributed by atoms with Crippen molar-refractivity contribution < 1.29 is 18.0 Å². The summed E-state index contributed by atoms with van der Waals surface area (Å²) in [5.74, 6) is -1.13. The molecule has 2 aromatic heterocycles. The molecule has 3 aromatic rings. The van der Waals surface area contributed by atoms with E-state index in [9.17, 15) is 18.0 Å². The fourth-order valence-corrected chi connectivity index (χ4v) is 4.71. The molecule has 0 fully saturated rings. The number of amides is 2. The van der Waals surface area contributed by atoms with Crippen molar-refractivity contribution in [1.82, 2.24) is 8.96 Å². The summed E-state index contributed by atoms with van der Waals surface area (Å²) >= 11 is 7.31. The van der Waals surface area contributed by atoms with Gasteiger partial charge in [-0.25, -0.2) is 17.4 Å². The van der Waals surface area contributed by atoms with Crippen molar-refractivity contribution in [3.8, 4) is 0 Å². The summed E-state index contributed by atoms with van der Waals surface area (Å²) in [6.07, 6.45) is 1.11. The summed E-state index contributed by atoms with van der Waals surface area (Å²) in [5, 5.41) is 6.10. The summed E-state index contributed by atoms with van der Waals surface area (Å²) in [4.78, 5) is 28.6. The third kappa shape index (κ3) is 4.04. The zero-order chi connectivity index (χ0) is 21.3. The van der Waals surface area contributed by atoms with Gasteiger partial charge in [-0.1, -0.05) is 24.2 Å². The zero-order valence-electron chi connectivity index (χ0n) is 15.5. The van der Waals surface area contributed by atoms with Crippen LogP contribution in [-0.2, 0) is 14.8 Å². The summed E-state index contributed by atoms with van der Waals surface area (Å²) in [6.45, 7) is 6.41. The molecule has 11 heteroatoms. The number of para-hydroxylation sites is 1. The first-order valence-electron chi connectivity index (χ1n) is 8.39. The Hall–Kier alpha value is -2.69. The quantitative estimate of drug-likeness (QED) is 0.554. The van der Waals surface area contributed by atoms with E-state index < -0.39 is 27.1 Å². The number of carbonyl (C=O) groups excluding carboxylic acids is 2. The highest BCUT2D eigenvalue weighted by Gasteiger charge is 2.28. The molecule has 8 nitrogen and oxygen atoms in total. The van der Waals surface area contributed by atoms with Crippen LogP contribution in [0.25, 0.3) is 11.0 Å². The van der Waals surface area contributed by atoms with Gasteiger partial charge in [-0.15, -0.1) is 11.3 Å². The van der Waals surface area contributed by atoms with Gasteiger partial charge in [0.25, 0.3) is 5.91 Å². The number of fused-ring (bicyclic) bond motifs is 1. The van der Waals surface area contributed by atoms with Crippen LogP contribution in [0.1, 0.15) is 23.5 Å². The number of nitrogens with zero attached hydrogens (tertiary/aromatic N) is 2. The van der Waals surface area contributed by atoms with Crippen molar-refractivity contribution >= 4 is 67.4 Å². The molecule has 0 spiro atoms. The number of nitrogens with one attached hydrogen (secondary N) is 2. The molecule has 1 aromatic carbocycles. The Labute approximate surface area is 176 Å². The number of hydrogen-bond donors (Lipinski definition) is 2. The second-order valence-electron chi connectivity index (χ2n) is 6.25. The molecule has 0 bridgehead atoms. The molecule has 0 aliphatic carbocycles. The van der Waals surface area contributed by atoms with Crippen molar-refractivity contribution in [2.45, 2.75) is 19.1 Å². The van der Waals surface area contributed by atoms with Crippen molar-refractivity contribution in [3.63, 3.8) is 0 Å². The first-order valence-corrected chi connectivity index (χ1v) is 11.2. The molecule has 2 N–H and O–H groups in total. The average Bonchev–Trinajstić information content (AvgIpc) is 3.26. The Kier molecular flexibility index (Phi) is 5.78. The van der Waals surface area contributed by atoms with Gasteiger partial charge < -0.3 is 5.32 Å². The lowest BCUT2D eigenvalue weighted by Gasteiger charge is -2.13. The molecule has 0 atom stereocenters.